The maximum atomic E-state index is 13.4. The maximum absolute atomic E-state index is 13.4. The highest BCUT2D eigenvalue weighted by Crippen LogP contribution is 2.16. The highest BCUT2D eigenvalue weighted by atomic mass is 19.1. The number of para-hydroxylation sites is 1. The minimum absolute atomic E-state index is 0.124. The average Bonchev–Trinajstić information content (AvgIpc) is 2.66. The minimum atomic E-state index is -0.929. The summed E-state index contributed by atoms with van der Waals surface area (Å²) in [5, 5.41) is 3.36. The van der Waals surface area contributed by atoms with Crippen LogP contribution in [0.5, 0.6) is 0 Å². The summed E-state index contributed by atoms with van der Waals surface area (Å²) < 4.78 is 18.2. The molecule has 26 heavy (non-hydrogen) atoms. The van der Waals surface area contributed by atoms with Crippen LogP contribution in [0.15, 0.2) is 60.8 Å². The molecule has 3 rings (SSSR count). The molecule has 0 saturated heterocycles. The van der Waals surface area contributed by atoms with Crippen molar-refractivity contribution in [1.29, 1.82) is 0 Å². The number of nitrogens with one attached hydrogen (secondary N) is 1. The number of pyridine rings is 1. The van der Waals surface area contributed by atoms with Gasteiger partial charge in [0.1, 0.15) is 11.9 Å². The van der Waals surface area contributed by atoms with Gasteiger partial charge in [0.05, 0.1) is 18.2 Å². The number of nitrogens with zero attached hydrogens (tertiary/aromatic N) is 1. The van der Waals surface area contributed by atoms with Gasteiger partial charge >= 0.3 is 5.97 Å². The van der Waals surface area contributed by atoms with Gasteiger partial charge in [-0.3, -0.25) is 9.78 Å². The summed E-state index contributed by atoms with van der Waals surface area (Å²) in [6.45, 7) is 0. The number of aromatic nitrogens is 1. The Balaban J connectivity index is 1.86. The van der Waals surface area contributed by atoms with Crippen LogP contribution in [-0.4, -0.2) is 30.0 Å². The molecule has 0 fully saturated rings. The third-order valence-electron chi connectivity index (χ3n) is 4.01. The van der Waals surface area contributed by atoms with Crippen molar-refractivity contribution in [3.05, 3.63) is 77.7 Å². The molecule has 0 bridgehead atoms. The zero-order valence-corrected chi connectivity index (χ0v) is 14.1. The molecule has 0 radical (unpaired) electrons. The van der Waals surface area contributed by atoms with E-state index in [-0.39, 0.29) is 6.42 Å². The predicted octanol–water partition coefficient (Wildman–Crippen LogP) is 2.89. The van der Waals surface area contributed by atoms with E-state index in [0.717, 1.165) is 0 Å². The van der Waals surface area contributed by atoms with Gasteiger partial charge in [-0.2, -0.15) is 0 Å². The molecular formula is C20H17FN2O3. The van der Waals surface area contributed by atoms with Crippen molar-refractivity contribution >= 4 is 22.8 Å². The molecule has 1 heterocycles. The van der Waals surface area contributed by atoms with Crippen LogP contribution in [0.25, 0.3) is 10.9 Å². The molecule has 0 aliphatic rings. The zero-order valence-electron chi connectivity index (χ0n) is 14.1. The van der Waals surface area contributed by atoms with E-state index in [4.69, 9.17) is 4.74 Å². The maximum Gasteiger partial charge on any atom is 0.328 e. The van der Waals surface area contributed by atoms with E-state index in [1.54, 1.807) is 30.3 Å². The Morgan fingerprint density at radius 3 is 2.73 bits per heavy atom. The van der Waals surface area contributed by atoms with Crippen molar-refractivity contribution in [2.24, 2.45) is 0 Å². The highest BCUT2D eigenvalue weighted by molar-refractivity contribution is 6.07. The number of hydrogen-bond donors (Lipinski definition) is 1. The molecule has 1 amide bonds. The van der Waals surface area contributed by atoms with Crippen LogP contribution >= 0.6 is 0 Å². The van der Waals surface area contributed by atoms with Crippen molar-refractivity contribution in [3.63, 3.8) is 0 Å². The zero-order chi connectivity index (χ0) is 18.5. The molecule has 5 nitrogen and oxygen atoms in total. The van der Waals surface area contributed by atoms with Crippen LogP contribution in [0, 0.1) is 5.82 Å². The molecule has 1 N–H and O–H groups in total. The van der Waals surface area contributed by atoms with Crippen LogP contribution in [0.4, 0.5) is 4.39 Å². The molecule has 132 valence electrons. The normalized spacial score (nSPS) is 11.8. The standard InChI is InChI=1S/C20H17FN2O3/c1-26-20(25)18(12-13-5-4-6-14(21)11-13)23-19(24)16-9-10-22-17-8-3-2-7-15(16)17/h2-11,18H,12H2,1H3,(H,23,24)/t18-/m0/s1. The summed E-state index contributed by atoms with van der Waals surface area (Å²) in [7, 11) is 1.24. The lowest BCUT2D eigenvalue weighted by molar-refractivity contribution is -0.142. The molecule has 0 aliphatic heterocycles. The van der Waals surface area contributed by atoms with Gasteiger partial charge in [-0.15, -0.1) is 0 Å². The number of carbonyl (C=O) groups is 2. The molecule has 0 saturated carbocycles. The van der Waals surface area contributed by atoms with Gasteiger partial charge in [-0.1, -0.05) is 30.3 Å². The lowest BCUT2D eigenvalue weighted by atomic mass is 10.0. The summed E-state index contributed by atoms with van der Waals surface area (Å²) >= 11 is 0. The second-order valence-corrected chi connectivity index (χ2v) is 5.76. The van der Waals surface area contributed by atoms with Gasteiger partial charge in [-0.25, -0.2) is 9.18 Å². The second kappa shape index (κ2) is 7.74. The van der Waals surface area contributed by atoms with Crippen molar-refractivity contribution in [2.45, 2.75) is 12.5 Å². The number of fused-ring (bicyclic) bond motifs is 1. The first-order valence-corrected chi connectivity index (χ1v) is 8.05. The largest absolute Gasteiger partial charge is 0.467 e. The first-order valence-electron chi connectivity index (χ1n) is 8.05. The van der Waals surface area contributed by atoms with Crippen LogP contribution in [0.1, 0.15) is 15.9 Å². The van der Waals surface area contributed by atoms with Crippen molar-refractivity contribution in [2.75, 3.05) is 7.11 Å². The number of amides is 1. The van der Waals surface area contributed by atoms with Gasteiger partial charge in [0.2, 0.25) is 0 Å². The first kappa shape index (κ1) is 17.5. The number of rotatable bonds is 5. The van der Waals surface area contributed by atoms with Crippen LogP contribution < -0.4 is 5.32 Å². The molecule has 0 spiro atoms. The monoisotopic (exact) mass is 352 g/mol. The van der Waals surface area contributed by atoms with Crippen LogP contribution in [0.2, 0.25) is 0 Å². The molecule has 0 unspecified atom stereocenters. The van der Waals surface area contributed by atoms with Crippen molar-refractivity contribution in [3.8, 4) is 0 Å². The minimum Gasteiger partial charge on any atom is -0.467 e. The summed E-state index contributed by atoms with van der Waals surface area (Å²) in [5.74, 6) is -1.42. The lowest BCUT2D eigenvalue weighted by Crippen LogP contribution is -2.43. The summed E-state index contributed by atoms with van der Waals surface area (Å²) in [5.41, 5.74) is 1.67. The van der Waals surface area contributed by atoms with E-state index in [1.807, 2.05) is 12.1 Å². The van der Waals surface area contributed by atoms with Gasteiger partial charge in [0.15, 0.2) is 0 Å². The number of carbonyl (C=O) groups excluding carboxylic acids is 2. The fourth-order valence-corrected chi connectivity index (χ4v) is 2.77. The Kier molecular flexibility index (Phi) is 5.22. The summed E-state index contributed by atoms with van der Waals surface area (Å²) in [4.78, 5) is 29.0. The van der Waals surface area contributed by atoms with Crippen LogP contribution in [-0.2, 0) is 16.0 Å². The average molecular weight is 352 g/mol. The number of methoxy groups -OCH3 is 1. The molecule has 6 heteroatoms. The van der Waals surface area contributed by atoms with Crippen molar-refractivity contribution in [1.82, 2.24) is 10.3 Å². The van der Waals surface area contributed by atoms with Crippen molar-refractivity contribution < 1.29 is 18.7 Å². The molecule has 0 aliphatic carbocycles. The first-order chi connectivity index (χ1) is 12.6. The second-order valence-electron chi connectivity index (χ2n) is 5.76. The lowest BCUT2D eigenvalue weighted by Gasteiger charge is -2.17. The molecule has 1 aromatic heterocycles. The third kappa shape index (κ3) is 3.85. The predicted molar refractivity (Wildman–Crippen MR) is 95.1 cm³/mol. The fraction of sp³-hybridized carbons (Fsp3) is 0.150. The highest BCUT2D eigenvalue weighted by Gasteiger charge is 2.23. The molecule has 3 aromatic rings. The Morgan fingerprint density at radius 2 is 1.96 bits per heavy atom. The number of ether oxygens (including phenoxy) is 1. The SMILES string of the molecule is COC(=O)[C@H](Cc1cccc(F)c1)NC(=O)c1ccnc2ccccc12. The number of halogens is 1. The van der Waals surface area contributed by atoms with Crippen LogP contribution in [0.3, 0.4) is 0 Å². The Bertz CT molecular complexity index is 953. The smallest absolute Gasteiger partial charge is 0.328 e. The Morgan fingerprint density at radius 1 is 1.15 bits per heavy atom. The van der Waals surface area contributed by atoms with E-state index >= 15 is 0 Å². The molecular weight excluding hydrogens is 335 g/mol. The van der Waals surface area contributed by atoms with E-state index in [0.29, 0.717) is 22.0 Å². The molecule has 1 atom stereocenters. The summed E-state index contributed by atoms with van der Waals surface area (Å²) in [6, 6.07) is 13.8. The Hall–Kier alpha value is -3.28. The van der Waals surface area contributed by atoms with Gasteiger partial charge in [0, 0.05) is 18.0 Å². The third-order valence-corrected chi connectivity index (χ3v) is 4.01. The van der Waals surface area contributed by atoms with E-state index < -0.39 is 23.7 Å². The Labute approximate surface area is 149 Å². The van der Waals surface area contributed by atoms with Gasteiger partial charge in [0.25, 0.3) is 5.91 Å². The van der Waals surface area contributed by atoms with Gasteiger partial charge < -0.3 is 10.1 Å². The van der Waals surface area contributed by atoms with E-state index in [9.17, 15) is 14.0 Å². The number of esters is 1. The quantitative estimate of drug-likeness (QED) is 0.717. The molecule has 2 aromatic carbocycles. The van der Waals surface area contributed by atoms with Gasteiger partial charge in [-0.05, 0) is 29.8 Å². The fourth-order valence-electron chi connectivity index (χ4n) is 2.77. The number of hydrogen-bond acceptors (Lipinski definition) is 4. The summed E-state index contributed by atoms with van der Waals surface area (Å²) in [6.07, 6.45) is 1.66. The van der Waals surface area contributed by atoms with E-state index in [1.165, 1.54) is 25.4 Å². The number of benzene rings is 2. The van der Waals surface area contributed by atoms with E-state index in [2.05, 4.69) is 10.3 Å². The topological polar surface area (TPSA) is 68.3 Å².